The van der Waals surface area contributed by atoms with Gasteiger partial charge in [0.1, 0.15) is 0 Å². The van der Waals surface area contributed by atoms with Gasteiger partial charge in [-0.15, -0.1) is 0 Å². The molecule has 2 aromatic rings. The Balaban J connectivity index is 1.57. The summed E-state index contributed by atoms with van der Waals surface area (Å²) in [6.45, 7) is 7.99. The number of benzene rings is 1. The van der Waals surface area contributed by atoms with Gasteiger partial charge in [0.05, 0.1) is 18.6 Å². The van der Waals surface area contributed by atoms with Crippen LogP contribution in [0.4, 0.5) is 5.69 Å². The van der Waals surface area contributed by atoms with Gasteiger partial charge in [0, 0.05) is 37.1 Å². The molecular weight excluding hydrogens is 312 g/mol. The summed E-state index contributed by atoms with van der Waals surface area (Å²) in [6, 6.07) is 7.96. The molecule has 5 nitrogen and oxygen atoms in total. The highest BCUT2D eigenvalue weighted by Crippen LogP contribution is 2.20. The van der Waals surface area contributed by atoms with E-state index in [9.17, 15) is 4.79 Å². The van der Waals surface area contributed by atoms with Gasteiger partial charge in [-0.2, -0.15) is 0 Å². The highest BCUT2D eigenvalue weighted by Gasteiger charge is 2.12. The number of hydrogen-bond donors (Lipinski definition) is 1. The van der Waals surface area contributed by atoms with Crippen molar-refractivity contribution in [3.63, 3.8) is 0 Å². The number of aromatic nitrogens is 2. The molecule has 1 N–H and O–H groups in total. The molecule has 0 bridgehead atoms. The summed E-state index contributed by atoms with van der Waals surface area (Å²) in [5, 5.41) is 3.00. The maximum Gasteiger partial charge on any atom is 0.251 e. The topological polar surface area (TPSA) is 50.2 Å². The van der Waals surface area contributed by atoms with Crippen LogP contribution in [0.2, 0.25) is 0 Å². The lowest BCUT2D eigenvalue weighted by Crippen LogP contribution is -2.29. The van der Waals surface area contributed by atoms with Crippen LogP contribution in [0.5, 0.6) is 0 Å². The third-order valence-electron chi connectivity index (χ3n) is 4.64. The van der Waals surface area contributed by atoms with Crippen LogP contribution < -0.4 is 10.2 Å². The molecule has 0 atom stereocenters. The number of carbonyl (C=O) groups excluding carboxylic acids is 1. The fourth-order valence-electron chi connectivity index (χ4n) is 3.30. The summed E-state index contributed by atoms with van der Waals surface area (Å²) < 4.78 is 2.10. The predicted molar refractivity (Wildman–Crippen MR) is 101 cm³/mol. The normalized spacial score (nSPS) is 14.8. The van der Waals surface area contributed by atoms with E-state index in [0.29, 0.717) is 18.0 Å². The minimum Gasteiger partial charge on any atom is -0.372 e. The van der Waals surface area contributed by atoms with Crippen molar-refractivity contribution in [2.45, 2.75) is 46.2 Å². The van der Waals surface area contributed by atoms with Gasteiger partial charge in [-0.25, -0.2) is 4.98 Å². The Morgan fingerprint density at radius 3 is 2.56 bits per heavy atom. The number of carbonyl (C=O) groups is 1. The minimum atomic E-state index is -0.0394. The molecule has 25 heavy (non-hydrogen) atoms. The van der Waals surface area contributed by atoms with E-state index in [2.05, 4.69) is 45.7 Å². The van der Waals surface area contributed by atoms with Gasteiger partial charge in [-0.05, 0) is 49.4 Å². The number of imidazole rings is 1. The number of rotatable bonds is 6. The van der Waals surface area contributed by atoms with E-state index < -0.39 is 0 Å². The summed E-state index contributed by atoms with van der Waals surface area (Å²) in [4.78, 5) is 19.0. The van der Waals surface area contributed by atoms with Gasteiger partial charge in [-0.3, -0.25) is 4.79 Å². The number of nitrogens with zero attached hydrogens (tertiary/aromatic N) is 3. The third kappa shape index (κ3) is 4.62. The summed E-state index contributed by atoms with van der Waals surface area (Å²) >= 11 is 0. The van der Waals surface area contributed by atoms with Crippen molar-refractivity contribution in [3.8, 4) is 0 Å². The Labute approximate surface area is 150 Å². The first-order valence-corrected chi connectivity index (χ1v) is 9.25. The second kappa shape index (κ2) is 8.19. The molecule has 134 valence electrons. The lowest BCUT2D eigenvalue weighted by molar-refractivity contribution is 0.0950. The Morgan fingerprint density at radius 1 is 1.16 bits per heavy atom. The largest absolute Gasteiger partial charge is 0.372 e. The second-order valence-electron chi connectivity index (χ2n) is 7.21. The summed E-state index contributed by atoms with van der Waals surface area (Å²) in [5.74, 6) is 0.508. The second-order valence-corrected chi connectivity index (χ2v) is 7.21. The van der Waals surface area contributed by atoms with Gasteiger partial charge < -0.3 is 14.8 Å². The van der Waals surface area contributed by atoms with Crippen LogP contribution in [-0.2, 0) is 13.1 Å². The molecule has 3 rings (SSSR count). The maximum absolute atomic E-state index is 12.4. The van der Waals surface area contributed by atoms with E-state index in [-0.39, 0.29) is 5.91 Å². The van der Waals surface area contributed by atoms with Crippen molar-refractivity contribution < 1.29 is 4.79 Å². The molecule has 1 amide bonds. The molecule has 0 unspecified atom stereocenters. The lowest BCUT2D eigenvalue weighted by atomic mass is 10.1. The van der Waals surface area contributed by atoms with Gasteiger partial charge >= 0.3 is 0 Å². The van der Waals surface area contributed by atoms with Crippen molar-refractivity contribution in [2.75, 3.05) is 18.0 Å². The van der Waals surface area contributed by atoms with Crippen LogP contribution in [0.3, 0.4) is 0 Å². The van der Waals surface area contributed by atoms with E-state index in [4.69, 9.17) is 0 Å². The SMILES string of the molecule is CC(C)Cn1cncc1CNC(=O)c1ccc(N2CCCCC2)cc1. The Bertz CT molecular complexity index is 684. The van der Waals surface area contributed by atoms with E-state index in [1.165, 1.54) is 24.9 Å². The standard InChI is InChI=1S/C20H28N4O/c1-16(2)14-24-15-21-12-19(24)13-22-20(25)17-6-8-18(9-7-17)23-10-4-3-5-11-23/h6-9,12,15-16H,3-5,10-11,13-14H2,1-2H3,(H,22,25). The van der Waals surface area contributed by atoms with E-state index in [1.807, 2.05) is 24.7 Å². The summed E-state index contributed by atoms with van der Waals surface area (Å²) in [5.41, 5.74) is 2.95. The molecule has 2 heterocycles. The smallest absolute Gasteiger partial charge is 0.251 e. The molecule has 1 aliphatic heterocycles. The Kier molecular flexibility index (Phi) is 5.74. The molecule has 0 aliphatic carbocycles. The van der Waals surface area contributed by atoms with Crippen molar-refractivity contribution in [3.05, 3.63) is 48.0 Å². The zero-order chi connectivity index (χ0) is 17.6. The first-order valence-electron chi connectivity index (χ1n) is 9.25. The number of hydrogen-bond acceptors (Lipinski definition) is 3. The summed E-state index contributed by atoms with van der Waals surface area (Å²) in [6.07, 6.45) is 7.49. The fourth-order valence-corrected chi connectivity index (χ4v) is 3.30. The predicted octanol–water partition coefficient (Wildman–Crippen LogP) is 3.46. The number of anilines is 1. The quantitative estimate of drug-likeness (QED) is 0.876. The Hall–Kier alpha value is -2.30. The van der Waals surface area contributed by atoms with Gasteiger partial charge in [0.15, 0.2) is 0 Å². The van der Waals surface area contributed by atoms with Crippen molar-refractivity contribution >= 4 is 11.6 Å². The zero-order valence-electron chi connectivity index (χ0n) is 15.2. The van der Waals surface area contributed by atoms with Crippen LogP contribution in [0.15, 0.2) is 36.8 Å². The van der Waals surface area contributed by atoms with Crippen molar-refractivity contribution in [1.29, 1.82) is 0 Å². The average molecular weight is 340 g/mol. The van der Waals surface area contributed by atoms with E-state index >= 15 is 0 Å². The highest BCUT2D eigenvalue weighted by atomic mass is 16.1. The van der Waals surface area contributed by atoms with Crippen molar-refractivity contribution in [1.82, 2.24) is 14.9 Å². The molecule has 0 spiro atoms. The fraction of sp³-hybridized carbons (Fsp3) is 0.500. The number of piperidine rings is 1. The van der Waals surface area contributed by atoms with Crippen LogP contribution in [-0.4, -0.2) is 28.5 Å². The molecule has 5 heteroatoms. The minimum absolute atomic E-state index is 0.0394. The molecule has 1 aliphatic rings. The lowest BCUT2D eigenvalue weighted by Gasteiger charge is -2.28. The average Bonchev–Trinajstić information content (AvgIpc) is 3.07. The van der Waals surface area contributed by atoms with Gasteiger partial charge in [-0.1, -0.05) is 13.8 Å². The molecule has 1 saturated heterocycles. The Morgan fingerprint density at radius 2 is 1.88 bits per heavy atom. The number of amides is 1. The first-order chi connectivity index (χ1) is 12.1. The van der Waals surface area contributed by atoms with Crippen molar-refractivity contribution in [2.24, 2.45) is 5.92 Å². The van der Waals surface area contributed by atoms with E-state index in [0.717, 1.165) is 25.3 Å². The van der Waals surface area contributed by atoms with Crippen LogP contribution in [0, 0.1) is 5.92 Å². The first kappa shape index (κ1) is 17.5. The zero-order valence-corrected chi connectivity index (χ0v) is 15.2. The maximum atomic E-state index is 12.4. The van der Waals surface area contributed by atoms with Crippen LogP contribution in [0.1, 0.15) is 49.2 Å². The van der Waals surface area contributed by atoms with Crippen LogP contribution in [0.25, 0.3) is 0 Å². The van der Waals surface area contributed by atoms with Gasteiger partial charge in [0.25, 0.3) is 5.91 Å². The molecule has 1 aromatic carbocycles. The van der Waals surface area contributed by atoms with E-state index in [1.54, 1.807) is 0 Å². The summed E-state index contributed by atoms with van der Waals surface area (Å²) in [7, 11) is 0. The molecule has 1 aromatic heterocycles. The monoisotopic (exact) mass is 340 g/mol. The third-order valence-corrected chi connectivity index (χ3v) is 4.64. The van der Waals surface area contributed by atoms with Crippen LogP contribution >= 0.6 is 0 Å². The molecule has 0 saturated carbocycles. The van der Waals surface area contributed by atoms with Gasteiger partial charge in [0.2, 0.25) is 0 Å². The molecule has 1 fully saturated rings. The molecule has 0 radical (unpaired) electrons. The highest BCUT2D eigenvalue weighted by molar-refractivity contribution is 5.94. The number of nitrogens with one attached hydrogen (secondary N) is 1. The molecular formula is C20H28N4O.